The van der Waals surface area contributed by atoms with E-state index in [9.17, 15) is 4.79 Å². The van der Waals surface area contributed by atoms with Gasteiger partial charge in [-0.25, -0.2) is 0 Å². The molecule has 2 N–H and O–H groups in total. The number of anilines is 1. The van der Waals surface area contributed by atoms with Crippen LogP contribution in [0.5, 0.6) is 0 Å². The van der Waals surface area contributed by atoms with Gasteiger partial charge in [-0.3, -0.25) is 4.79 Å². The number of carbonyl (C=O) groups is 1. The number of hydrogen-bond acceptors (Lipinski definition) is 4. The predicted octanol–water partition coefficient (Wildman–Crippen LogP) is 3.14. The van der Waals surface area contributed by atoms with Crippen LogP contribution >= 0.6 is 0 Å². The molecule has 0 fully saturated rings. The van der Waals surface area contributed by atoms with Crippen molar-refractivity contribution in [1.29, 1.82) is 5.26 Å². The monoisotopic (exact) mass is 315 g/mol. The molecule has 0 heterocycles. The standard InChI is InChI=1S/C18H25N3O2/c1-3-4-11-23-12-5-10-20-14-16(13-19)18(22)21-17-8-6-15(2)7-9-17/h6-9,14,20H,3-5,10-12H2,1-2H3,(H,21,22)/b16-14-. The molecule has 0 saturated carbocycles. The molecule has 0 saturated heterocycles. The number of nitrogens with one attached hydrogen (secondary N) is 2. The molecule has 0 radical (unpaired) electrons. The van der Waals surface area contributed by atoms with E-state index in [0.29, 0.717) is 18.8 Å². The summed E-state index contributed by atoms with van der Waals surface area (Å²) in [7, 11) is 0. The minimum atomic E-state index is -0.414. The number of nitrogens with zero attached hydrogens (tertiary/aromatic N) is 1. The Morgan fingerprint density at radius 3 is 2.61 bits per heavy atom. The molecule has 5 heteroatoms. The van der Waals surface area contributed by atoms with Gasteiger partial charge in [-0.1, -0.05) is 31.0 Å². The van der Waals surface area contributed by atoms with Crippen LogP contribution in [0, 0.1) is 18.3 Å². The zero-order valence-corrected chi connectivity index (χ0v) is 13.9. The first-order valence-electron chi connectivity index (χ1n) is 7.96. The van der Waals surface area contributed by atoms with Crippen molar-refractivity contribution in [3.05, 3.63) is 41.6 Å². The second-order valence-corrected chi connectivity index (χ2v) is 5.26. The molecular weight excluding hydrogens is 290 g/mol. The second kappa shape index (κ2) is 11.3. The fourth-order valence-electron chi connectivity index (χ4n) is 1.78. The van der Waals surface area contributed by atoms with Crippen LogP contribution in [0.3, 0.4) is 0 Å². The summed E-state index contributed by atoms with van der Waals surface area (Å²) in [6.45, 7) is 6.23. The minimum absolute atomic E-state index is 0.0532. The van der Waals surface area contributed by atoms with Gasteiger partial charge in [-0.15, -0.1) is 0 Å². The normalized spacial score (nSPS) is 10.9. The molecule has 0 aliphatic heterocycles. The van der Waals surface area contributed by atoms with Crippen LogP contribution in [0.4, 0.5) is 5.69 Å². The van der Waals surface area contributed by atoms with Crippen LogP contribution in [0.2, 0.25) is 0 Å². The lowest BCUT2D eigenvalue weighted by molar-refractivity contribution is -0.112. The summed E-state index contributed by atoms with van der Waals surface area (Å²) in [6, 6.07) is 9.34. The highest BCUT2D eigenvalue weighted by atomic mass is 16.5. The maximum Gasteiger partial charge on any atom is 0.267 e. The van der Waals surface area contributed by atoms with Crippen molar-refractivity contribution >= 4 is 11.6 Å². The molecule has 1 aromatic carbocycles. The summed E-state index contributed by atoms with van der Waals surface area (Å²) in [5.41, 5.74) is 1.84. The van der Waals surface area contributed by atoms with Crippen molar-refractivity contribution in [3.8, 4) is 6.07 Å². The average molecular weight is 315 g/mol. The number of benzene rings is 1. The minimum Gasteiger partial charge on any atom is -0.390 e. The zero-order valence-electron chi connectivity index (χ0n) is 13.9. The molecule has 0 atom stereocenters. The van der Waals surface area contributed by atoms with E-state index in [4.69, 9.17) is 10.00 Å². The number of unbranched alkanes of at least 4 members (excludes halogenated alkanes) is 1. The van der Waals surface area contributed by atoms with Crippen molar-refractivity contribution in [2.24, 2.45) is 0 Å². The lowest BCUT2D eigenvalue weighted by Crippen LogP contribution is -2.17. The van der Waals surface area contributed by atoms with E-state index in [-0.39, 0.29) is 5.57 Å². The lowest BCUT2D eigenvalue weighted by atomic mass is 10.2. The van der Waals surface area contributed by atoms with Crippen molar-refractivity contribution in [3.63, 3.8) is 0 Å². The molecule has 1 amide bonds. The van der Waals surface area contributed by atoms with E-state index < -0.39 is 5.91 Å². The number of aryl methyl sites for hydroxylation is 1. The van der Waals surface area contributed by atoms with Crippen LogP contribution in [-0.2, 0) is 9.53 Å². The maximum absolute atomic E-state index is 12.0. The highest BCUT2D eigenvalue weighted by molar-refractivity contribution is 6.06. The van der Waals surface area contributed by atoms with E-state index in [1.165, 1.54) is 6.20 Å². The van der Waals surface area contributed by atoms with Crippen molar-refractivity contribution < 1.29 is 9.53 Å². The predicted molar refractivity (Wildman–Crippen MR) is 91.9 cm³/mol. The summed E-state index contributed by atoms with van der Waals surface area (Å²) in [6.07, 6.45) is 4.49. The highest BCUT2D eigenvalue weighted by Gasteiger charge is 2.08. The molecule has 23 heavy (non-hydrogen) atoms. The number of rotatable bonds is 10. The van der Waals surface area contributed by atoms with Crippen LogP contribution in [0.1, 0.15) is 31.7 Å². The van der Waals surface area contributed by atoms with Gasteiger partial charge in [0.05, 0.1) is 0 Å². The van der Waals surface area contributed by atoms with E-state index in [1.54, 1.807) is 0 Å². The number of carbonyl (C=O) groups excluding carboxylic acids is 1. The summed E-state index contributed by atoms with van der Waals surface area (Å²) in [5.74, 6) is -0.414. The molecule has 0 aliphatic rings. The Balaban J connectivity index is 2.32. The van der Waals surface area contributed by atoms with Crippen LogP contribution < -0.4 is 10.6 Å². The molecule has 124 valence electrons. The van der Waals surface area contributed by atoms with Gasteiger partial charge in [0.1, 0.15) is 11.6 Å². The van der Waals surface area contributed by atoms with Crippen molar-refractivity contribution in [1.82, 2.24) is 5.32 Å². The molecule has 1 rings (SSSR count). The van der Waals surface area contributed by atoms with Gasteiger partial charge in [-0.2, -0.15) is 5.26 Å². The molecule has 1 aromatic rings. The van der Waals surface area contributed by atoms with Gasteiger partial charge < -0.3 is 15.4 Å². The van der Waals surface area contributed by atoms with Crippen LogP contribution in [0.25, 0.3) is 0 Å². The number of amides is 1. The Labute approximate surface area is 138 Å². The molecule has 0 aliphatic carbocycles. The SMILES string of the molecule is CCCCOCCCN/C=C(/C#N)C(=O)Nc1ccc(C)cc1. The van der Waals surface area contributed by atoms with Gasteiger partial charge in [0.2, 0.25) is 0 Å². The fraction of sp³-hybridized carbons (Fsp3) is 0.444. The summed E-state index contributed by atoms with van der Waals surface area (Å²) in [4.78, 5) is 12.0. The third kappa shape index (κ3) is 8.03. The average Bonchev–Trinajstić information content (AvgIpc) is 2.55. The summed E-state index contributed by atoms with van der Waals surface area (Å²) < 4.78 is 5.44. The Kier molecular flexibility index (Phi) is 9.18. The number of ether oxygens (including phenoxy) is 1. The van der Waals surface area contributed by atoms with Gasteiger partial charge in [-0.05, 0) is 31.9 Å². The van der Waals surface area contributed by atoms with E-state index in [0.717, 1.165) is 31.4 Å². The van der Waals surface area contributed by atoms with E-state index in [2.05, 4.69) is 17.6 Å². The Bertz CT molecular complexity index is 544. The smallest absolute Gasteiger partial charge is 0.267 e. The van der Waals surface area contributed by atoms with Gasteiger partial charge in [0.15, 0.2) is 0 Å². The van der Waals surface area contributed by atoms with E-state index >= 15 is 0 Å². The first kappa shape index (κ1) is 18.7. The Hall–Kier alpha value is -2.32. The van der Waals surface area contributed by atoms with E-state index in [1.807, 2.05) is 37.3 Å². The highest BCUT2D eigenvalue weighted by Crippen LogP contribution is 2.09. The molecule has 5 nitrogen and oxygen atoms in total. The third-order valence-electron chi connectivity index (χ3n) is 3.17. The Morgan fingerprint density at radius 2 is 1.96 bits per heavy atom. The topological polar surface area (TPSA) is 74.1 Å². The second-order valence-electron chi connectivity index (χ2n) is 5.26. The largest absolute Gasteiger partial charge is 0.390 e. The van der Waals surface area contributed by atoms with Crippen molar-refractivity contribution in [2.75, 3.05) is 25.1 Å². The summed E-state index contributed by atoms with van der Waals surface area (Å²) in [5, 5.41) is 14.8. The van der Waals surface area contributed by atoms with Crippen LogP contribution in [0.15, 0.2) is 36.0 Å². The van der Waals surface area contributed by atoms with Gasteiger partial charge in [0.25, 0.3) is 5.91 Å². The molecule has 0 unspecified atom stereocenters. The van der Waals surface area contributed by atoms with Crippen molar-refractivity contribution in [2.45, 2.75) is 33.1 Å². The van der Waals surface area contributed by atoms with Gasteiger partial charge >= 0.3 is 0 Å². The maximum atomic E-state index is 12.0. The molecular formula is C18H25N3O2. The fourth-order valence-corrected chi connectivity index (χ4v) is 1.78. The molecule has 0 spiro atoms. The lowest BCUT2D eigenvalue weighted by Gasteiger charge is -2.06. The molecule has 0 bridgehead atoms. The van der Waals surface area contributed by atoms with Gasteiger partial charge in [0, 0.05) is 31.6 Å². The summed E-state index contributed by atoms with van der Waals surface area (Å²) >= 11 is 0. The quantitative estimate of drug-likeness (QED) is 0.395. The third-order valence-corrected chi connectivity index (χ3v) is 3.17. The first-order valence-corrected chi connectivity index (χ1v) is 7.96. The molecule has 0 aromatic heterocycles. The number of hydrogen-bond donors (Lipinski definition) is 2. The first-order chi connectivity index (χ1) is 11.2. The number of nitriles is 1. The van der Waals surface area contributed by atoms with Crippen LogP contribution in [-0.4, -0.2) is 25.7 Å². The zero-order chi connectivity index (χ0) is 16.9. The Morgan fingerprint density at radius 1 is 1.26 bits per heavy atom.